The summed E-state index contributed by atoms with van der Waals surface area (Å²) in [6, 6.07) is 15.6. The summed E-state index contributed by atoms with van der Waals surface area (Å²) in [4.78, 5) is 35.8. The zero-order valence-electron chi connectivity index (χ0n) is 14.3. The smallest absolute Gasteiger partial charge is 0.332 e. The number of imidazole rings is 1. The summed E-state index contributed by atoms with van der Waals surface area (Å²) in [7, 11) is 0. The van der Waals surface area contributed by atoms with Gasteiger partial charge < -0.3 is 14.6 Å². The Bertz CT molecular complexity index is 975. The lowest BCUT2D eigenvalue weighted by molar-refractivity contribution is -0.120. The number of carbonyl (C=O) groups excluding carboxylic acids is 2. The number of imide groups is 1. The highest BCUT2D eigenvalue weighted by Gasteiger charge is 2.48. The van der Waals surface area contributed by atoms with Gasteiger partial charge in [-0.05, 0) is 36.4 Å². The minimum Gasteiger partial charge on any atom is -0.457 e. The molecule has 1 atom stereocenters. The zero-order valence-corrected chi connectivity index (χ0v) is 14.3. The van der Waals surface area contributed by atoms with Gasteiger partial charge in [-0.3, -0.25) is 4.79 Å². The van der Waals surface area contributed by atoms with Crippen LogP contribution < -0.4 is 9.64 Å². The van der Waals surface area contributed by atoms with E-state index in [2.05, 4.69) is 9.97 Å². The summed E-state index contributed by atoms with van der Waals surface area (Å²) in [5.41, 5.74) is 2.28. The van der Waals surface area contributed by atoms with Crippen LogP contribution in [0.25, 0.3) is 0 Å². The van der Waals surface area contributed by atoms with Crippen LogP contribution >= 0.6 is 0 Å². The highest BCUT2D eigenvalue weighted by molar-refractivity contribution is 6.21. The van der Waals surface area contributed by atoms with Crippen molar-refractivity contribution < 1.29 is 14.3 Å². The predicted molar refractivity (Wildman–Crippen MR) is 97.5 cm³/mol. The van der Waals surface area contributed by atoms with Crippen molar-refractivity contribution in [3.05, 3.63) is 72.3 Å². The number of hydrogen-bond acceptors (Lipinski definition) is 4. The maximum absolute atomic E-state index is 12.9. The Balaban J connectivity index is 1.38. The van der Waals surface area contributed by atoms with Crippen LogP contribution in [0.3, 0.4) is 0 Å². The number of rotatable bonds is 3. The van der Waals surface area contributed by atoms with Gasteiger partial charge in [-0.2, -0.15) is 0 Å². The van der Waals surface area contributed by atoms with Crippen LogP contribution in [-0.4, -0.2) is 32.8 Å². The lowest BCUT2D eigenvalue weighted by Crippen LogP contribution is -2.40. The second kappa shape index (κ2) is 5.98. The lowest BCUT2D eigenvalue weighted by Gasteiger charge is -2.25. The molecule has 0 spiro atoms. The summed E-state index contributed by atoms with van der Waals surface area (Å²) < 4.78 is 5.76. The first kappa shape index (κ1) is 15.6. The summed E-state index contributed by atoms with van der Waals surface area (Å²) in [6.07, 6.45) is 2.04. The van der Waals surface area contributed by atoms with Crippen molar-refractivity contribution in [2.45, 2.75) is 19.0 Å². The Morgan fingerprint density at radius 2 is 1.74 bits per heavy atom. The fourth-order valence-corrected chi connectivity index (χ4v) is 3.55. The second-order valence-corrected chi connectivity index (χ2v) is 6.54. The fraction of sp³-hybridized carbons (Fsp3) is 0.150. The van der Waals surface area contributed by atoms with Crippen LogP contribution in [-0.2, 0) is 17.8 Å². The molecule has 7 heteroatoms. The number of fused-ring (bicyclic) bond motifs is 2. The second-order valence-electron chi connectivity index (χ2n) is 6.54. The molecule has 134 valence electrons. The average Bonchev–Trinajstić information content (AvgIpc) is 3.25. The van der Waals surface area contributed by atoms with Crippen LogP contribution in [0, 0.1) is 0 Å². The van der Waals surface area contributed by atoms with Crippen LogP contribution in [0.5, 0.6) is 11.5 Å². The molecule has 3 heterocycles. The Morgan fingerprint density at radius 1 is 1.00 bits per heavy atom. The van der Waals surface area contributed by atoms with Crippen molar-refractivity contribution in [1.82, 2.24) is 14.9 Å². The normalized spacial score (nSPS) is 18.4. The van der Waals surface area contributed by atoms with E-state index in [1.165, 1.54) is 4.90 Å². The van der Waals surface area contributed by atoms with E-state index >= 15 is 0 Å². The van der Waals surface area contributed by atoms with Crippen molar-refractivity contribution in [2.24, 2.45) is 0 Å². The first-order valence-corrected chi connectivity index (χ1v) is 8.69. The molecule has 5 rings (SSSR count). The van der Waals surface area contributed by atoms with Crippen molar-refractivity contribution in [2.75, 3.05) is 4.90 Å². The van der Waals surface area contributed by atoms with Gasteiger partial charge in [0.05, 0.1) is 29.9 Å². The van der Waals surface area contributed by atoms with E-state index in [4.69, 9.17) is 4.74 Å². The number of urea groups is 1. The molecule has 2 aromatic carbocycles. The molecular weight excluding hydrogens is 344 g/mol. The predicted octanol–water partition coefficient (Wildman–Crippen LogP) is 3.10. The molecule has 1 N–H and O–H groups in total. The largest absolute Gasteiger partial charge is 0.457 e. The monoisotopic (exact) mass is 360 g/mol. The maximum Gasteiger partial charge on any atom is 0.332 e. The van der Waals surface area contributed by atoms with E-state index in [-0.39, 0.29) is 11.9 Å². The molecular formula is C20H16N4O3. The van der Waals surface area contributed by atoms with E-state index in [1.54, 1.807) is 35.5 Å². The standard InChI is InChI=1S/C20H16N4O3/c25-19-18-10-16-17(22-12-21-16)11-23(18)20(26)24(19)13-6-8-15(9-7-13)27-14-4-2-1-3-5-14/h1-9,12,18H,10-11H2,(H,21,22). The van der Waals surface area contributed by atoms with E-state index in [0.29, 0.717) is 24.4 Å². The molecule has 1 saturated heterocycles. The van der Waals surface area contributed by atoms with Crippen LogP contribution in [0.1, 0.15) is 11.4 Å². The Morgan fingerprint density at radius 3 is 2.52 bits per heavy atom. The van der Waals surface area contributed by atoms with Crippen LogP contribution in [0.2, 0.25) is 0 Å². The molecule has 1 fully saturated rings. The van der Waals surface area contributed by atoms with E-state index in [0.717, 1.165) is 17.1 Å². The molecule has 27 heavy (non-hydrogen) atoms. The molecule has 2 aliphatic heterocycles. The molecule has 7 nitrogen and oxygen atoms in total. The molecule has 3 amide bonds. The number of nitrogens with zero attached hydrogens (tertiary/aromatic N) is 3. The number of H-pyrrole nitrogens is 1. The van der Waals surface area contributed by atoms with Gasteiger partial charge in [0, 0.05) is 6.42 Å². The number of para-hydroxylation sites is 1. The van der Waals surface area contributed by atoms with E-state index in [9.17, 15) is 9.59 Å². The maximum atomic E-state index is 12.9. The van der Waals surface area contributed by atoms with Gasteiger partial charge in [-0.15, -0.1) is 0 Å². The number of nitrogens with one attached hydrogen (secondary N) is 1. The number of hydrogen-bond donors (Lipinski definition) is 1. The Labute approximate surface area is 155 Å². The SMILES string of the molecule is O=C1C2Cc3nc[nH]c3CN2C(=O)N1c1ccc(Oc2ccccc2)cc1. The highest BCUT2D eigenvalue weighted by atomic mass is 16.5. The summed E-state index contributed by atoms with van der Waals surface area (Å²) in [5.74, 6) is 1.15. The Kier molecular flexibility index (Phi) is 3.46. The zero-order chi connectivity index (χ0) is 18.4. The van der Waals surface area contributed by atoms with Gasteiger partial charge in [0.15, 0.2) is 0 Å². The third kappa shape index (κ3) is 2.55. The molecule has 2 aliphatic rings. The van der Waals surface area contributed by atoms with Crippen molar-refractivity contribution >= 4 is 17.6 Å². The molecule has 1 aromatic heterocycles. The summed E-state index contributed by atoms with van der Waals surface area (Å²) in [6.45, 7) is 0.371. The first-order chi connectivity index (χ1) is 13.2. The highest BCUT2D eigenvalue weighted by Crippen LogP contribution is 2.33. The Hall–Kier alpha value is -3.61. The van der Waals surface area contributed by atoms with Gasteiger partial charge in [0.1, 0.15) is 17.5 Å². The number of amides is 3. The van der Waals surface area contributed by atoms with Crippen LogP contribution in [0.15, 0.2) is 60.9 Å². The molecule has 0 aliphatic carbocycles. The van der Waals surface area contributed by atoms with Crippen molar-refractivity contribution in [3.8, 4) is 11.5 Å². The van der Waals surface area contributed by atoms with E-state index < -0.39 is 6.04 Å². The molecule has 1 unspecified atom stereocenters. The number of anilines is 1. The van der Waals surface area contributed by atoms with Gasteiger partial charge in [0.2, 0.25) is 0 Å². The molecule has 0 saturated carbocycles. The number of ether oxygens (including phenoxy) is 1. The fourth-order valence-electron chi connectivity index (χ4n) is 3.55. The van der Waals surface area contributed by atoms with Gasteiger partial charge in [-0.25, -0.2) is 14.7 Å². The summed E-state index contributed by atoms with van der Waals surface area (Å²) in [5, 5.41) is 0. The lowest BCUT2D eigenvalue weighted by atomic mass is 10.0. The quantitative estimate of drug-likeness (QED) is 0.728. The number of aromatic nitrogens is 2. The van der Waals surface area contributed by atoms with Gasteiger partial charge in [0.25, 0.3) is 5.91 Å². The van der Waals surface area contributed by atoms with Crippen molar-refractivity contribution in [3.63, 3.8) is 0 Å². The topological polar surface area (TPSA) is 78.5 Å². The first-order valence-electron chi connectivity index (χ1n) is 8.69. The summed E-state index contributed by atoms with van der Waals surface area (Å²) >= 11 is 0. The number of aromatic amines is 1. The van der Waals surface area contributed by atoms with Gasteiger partial charge in [-0.1, -0.05) is 18.2 Å². The molecule has 3 aromatic rings. The number of benzene rings is 2. The minimum atomic E-state index is -0.492. The third-order valence-corrected chi connectivity index (χ3v) is 4.92. The minimum absolute atomic E-state index is 0.217. The van der Waals surface area contributed by atoms with Crippen molar-refractivity contribution in [1.29, 1.82) is 0 Å². The average molecular weight is 360 g/mol. The number of carbonyl (C=O) groups is 2. The van der Waals surface area contributed by atoms with Gasteiger partial charge >= 0.3 is 6.03 Å². The van der Waals surface area contributed by atoms with Crippen LogP contribution in [0.4, 0.5) is 10.5 Å². The molecule has 0 bridgehead atoms. The third-order valence-electron chi connectivity index (χ3n) is 4.92. The van der Waals surface area contributed by atoms with E-state index in [1.807, 2.05) is 30.3 Å². The molecule has 0 radical (unpaired) electrons.